The van der Waals surface area contributed by atoms with Crippen LogP contribution in [-0.4, -0.2) is 191 Å². The Morgan fingerprint density at radius 2 is 1.15 bits per heavy atom. The molecule has 3 N–H and O–H groups in total. The highest BCUT2D eigenvalue weighted by atomic mass is 32.2. The molecule has 75 heavy (non-hydrogen) atoms. The number of esters is 1. The maximum atomic E-state index is 14.0. The van der Waals surface area contributed by atoms with E-state index in [4.69, 9.17) is 62.5 Å². The number of carbonyl (C=O) groups excluding carboxylic acids is 2. The Balaban J connectivity index is 0.861. The second-order valence-corrected chi connectivity index (χ2v) is 17.1. The molecule has 2 heterocycles. The number of ether oxygens (including phenoxy) is 11. The molecule has 0 saturated carbocycles. The molecule has 0 saturated heterocycles. The highest BCUT2D eigenvalue weighted by molar-refractivity contribution is 7.85. The first-order valence-electron chi connectivity index (χ1n) is 24.2. The molecule has 420 valence electrons. The van der Waals surface area contributed by atoms with Crippen LogP contribution in [0.15, 0.2) is 46.1 Å². The van der Waals surface area contributed by atoms with Crippen LogP contribution in [0.3, 0.4) is 0 Å². The van der Waals surface area contributed by atoms with E-state index in [0.29, 0.717) is 136 Å². The molecular formula is C48H67F4N5O17S. The first-order valence-corrected chi connectivity index (χ1v) is 25.7. The lowest BCUT2D eigenvalue weighted by atomic mass is 10.0. The van der Waals surface area contributed by atoms with Crippen molar-refractivity contribution in [2.24, 2.45) is 10.7 Å². The summed E-state index contributed by atoms with van der Waals surface area (Å²) in [6.45, 7) is 11.7. The number of amidine groups is 1. The molecule has 0 radical (unpaired) electrons. The van der Waals surface area contributed by atoms with Crippen LogP contribution >= 0.6 is 0 Å². The summed E-state index contributed by atoms with van der Waals surface area (Å²) in [5.41, 5.74) is 10.1. The highest BCUT2D eigenvalue weighted by Gasteiger charge is 2.34. The zero-order valence-corrected chi connectivity index (χ0v) is 42.9. The lowest BCUT2D eigenvalue weighted by molar-refractivity contribution is -0.180. The number of halogens is 4. The van der Waals surface area contributed by atoms with Gasteiger partial charge >= 0.3 is 16.1 Å². The minimum atomic E-state index is -5.65. The van der Waals surface area contributed by atoms with Crippen LogP contribution in [0.4, 0.5) is 23.2 Å². The molecule has 4 rings (SSSR count). The van der Waals surface area contributed by atoms with Crippen LogP contribution in [0.5, 0.6) is 5.75 Å². The number of nitrogens with zero attached hydrogens (tertiary/aromatic N) is 4. The topological polar surface area (TPSA) is 259 Å². The molecule has 0 bridgehead atoms. The Bertz CT molecular complexity index is 2350. The monoisotopic (exact) mass is 1090 g/mol. The number of benzene rings is 2. The van der Waals surface area contributed by atoms with E-state index in [-0.39, 0.29) is 45.4 Å². The van der Waals surface area contributed by atoms with Crippen molar-refractivity contribution in [1.82, 2.24) is 14.8 Å². The molecule has 0 fully saturated rings. The number of hydrogen-bond acceptors (Lipinski definition) is 19. The normalized spacial score (nSPS) is 12.6. The van der Waals surface area contributed by atoms with E-state index in [1.165, 1.54) is 5.06 Å². The fourth-order valence-corrected chi connectivity index (χ4v) is 7.19. The third-order valence-electron chi connectivity index (χ3n) is 10.1. The number of fused-ring (bicyclic) bond motifs is 1. The van der Waals surface area contributed by atoms with Crippen LogP contribution in [0, 0.1) is 23.3 Å². The third-order valence-corrected chi connectivity index (χ3v) is 11.0. The predicted octanol–water partition coefficient (Wildman–Crippen LogP) is 4.48. The number of aromatic nitrogens is 2. The van der Waals surface area contributed by atoms with Gasteiger partial charge in [-0.15, -0.1) is 0 Å². The molecule has 22 nitrogen and oxygen atoms in total. The molecule has 0 aliphatic carbocycles. The predicted molar refractivity (Wildman–Crippen MR) is 260 cm³/mol. The highest BCUT2D eigenvalue weighted by Crippen LogP contribution is 2.34. The van der Waals surface area contributed by atoms with Gasteiger partial charge in [0.1, 0.15) is 5.84 Å². The van der Waals surface area contributed by atoms with E-state index in [2.05, 4.69) is 14.8 Å². The molecule has 0 unspecified atom stereocenters. The summed E-state index contributed by atoms with van der Waals surface area (Å²) in [7, 11) is -5.65. The van der Waals surface area contributed by atoms with Gasteiger partial charge in [-0.05, 0) is 31.1 Å². The molecule has 1 aliphatic heterocycles. The minimum Gasteiger partial charge on any atom is -0.420 e. The average Bonchev–Trinajstić information content (AvgIpc) is 3.79. The van der Waals surface area contributed by atoms with Crippen molar-refractivity contribution < 1.29 is 97.1 Å². The van der Waals surface area contributed by atoms with Crippen molar-refractivity contribution in [2.75, 3.05) is 145 Å². The van der Waals surface area contributed by atoms with Crippen LogP contribution in [-0.2, 0) is 78.5 Å². The van der Waals surface area contributed by atoms with Gasteiger partial charge in [0, 0.05) is 35.9 Å². The van der Waals surface area contributed by atoms with Crippen LogP contribution < -0.4 is 10.5 Å². The van der Waals surface area contributed by atoms with Crippen LogP contribution in [0.1, 0.15) is 38.7 Å². The molecule has 0 atom stereocenters. The third kappa shape index (κ3) is 23.0. The van der Waals surface area contributed by atoms with Gasteiger partial charge in [0.05, 0.1) is 164 Å². The number of carbonyl (C=O) groups is 2. The second-order valence-electron chi connectivity index (χ2n) is 15.8. The van der Waals surface area contributed by atoms with E-state index in [9.17, 15) is 35.6 Å². The number of hydroxylamine groups is 2. The zero-order valence-electron chi connectivity index (χ0n) is 42.1. The van der Waals surface area contributed by atoms with Gasteiger partial charge in [0.15, 0.2) is 16.5 Å². The van der Waals surface area contributed by atoms with E-state index < -0.39 is 56.4 Å². The first-order chi connectivity index (χ1) is 36.2. The Kier molecular flexibility index (Phi) is 29.5. The Hall–Kier alpha value is -5.01. The Labute approximate surface area is 432 Å². The van der Waals surface area contributed by atoms with Gasteiger partial charge in [0.25, 0.3) is 5.91 Å². The van der Waals surface area contributed by atoms with E-state index in [1.54, 1.807) is 6.20 Å². The maximum Gasteiger partial charge on any atom is 0.313 e. The van der Waals surface area contributed by atoms with E-state index >= 15 is 0 Å². The fourth-order valence-electron chi connectivity index (χ4n) is 6.55. The van der Waals surface area contributed by atoms with Crippen molar-refractivity contribution in [3.63, 3.8) is 0 Å². The molecule has 0 spiro atoms. The molecule has 1 aliphatic rings. The maximum absolute atomic E-state index is 14.0. The van der Waals surface area contributed by atoms with Crippen molar-refractivity contribution in [2.45, 2.75) is 44.6 Å². The molecule has 2 aromatic carbocycles. The minimum absolute atomic E-state index is 0.0211. The van der Waals surface area contributed by atoms with Gasteiger partial charge in [-0.2, -0.15) is 22.3 Å². The number of amides is 1. The van der Waals surface area contributed by atoms with Gasteiger partial charge in [-0.25, -0.2) is 18.8 Å². The molecule has 1 amide bonds. The fraction of sp³-hybridized carbons (Fsp3) is 0.583. The summed E-state index contributed by atoms with van der Waals surface area (Å²) in [4.78, 5) is 32.9. The summed E-state index contributed by atoms with van der Waals surface area (Å²) in [5, 5.41) is 5.86. The molecular weight excluding hydrogens is 1030 g/mol. The summed E-state index contributed by atoms with van der Waals surface area (Å²) in [6.07, 6.45) is 5.98. The Morgan fingerprint density at radius 3 is 1.60 bits per heavy atom. The molecule has 3 aromatic rings. The zero-order chi connectivity index (χ0) is 54.3. The number of nitrogens with two attached hydrogens (primary N) is 1. The van der Waals surface area contributed by atoms with Crippen LogP contribution in [0.2, 0.25) is 0 Å². The SMILES string of the molecule is CCCN(OCC)C(=O)C1=Cc2ccc(-c3cnn(CCOCCOCCOCCOCCOCCOCCOCCOCCOCCOCCC(=O)Oc4c(F)c(F)c(S(=O)(=O)O)c(F)c4F)c3)cc2N=C(N)C1. The lowest BCUT2D eigenvalue weighted by Gasteiger charge is -2.21. The number of hydrogen-bond donors (Lipinski definition) is 2. The summed E-state index contributed by atoms with van der Waals surface area (Å²) >= 11 is 0. The second kappa shape index (κ2) is 35.3. The first kappa shape index (κ1) is 62.5. The largest absolute Gasteiger partial charge is 0.420 e. The summed E-state index contributed by atoms with van der Waals surface area (Å²) < 4.78 is 147. The number of aliphatic imine (C=N–C) groups is 1. The smallest absolute Gasteiger partial charge is 0.313 e. The summed E-state index contributed by atoms with van der Waals surface area (Å²) in [5.74, 6) is -12.5. The van der Waals surface area contributed by atoms with Gasteiger partial charge in [0.2, 0.25) is 17.4 Å². The van der Waals surface area contributed by atoms with Crippen molar-refractivity contribution in [3.8, 4) is 16.9 Å². The van der Waals surface area contributed by atoms with Crippen molar-refractivity contribution in [1.29, 1.82) is 0 Å². The molecule has 27 heteroatoms. The van der Waals surface area contributed by atoms with Crippen LogP contribution in [0.25, 0.3) is 17.2 Å². The quantitative estimate of drug-likeness (QED) is 0.0151. The van der Waals surface area contributed by atoms with Gasteiger partial charge < -0.3 is 57.8 Å². The lowest BCUT2D eigenvalue weighted by Crippen LogP contribution is -2.34. The van der Waals surface area contributed by atoms with E-state index in [0.717, 1.165) is 23.1 Å². The molecule has 1 aromatic heterocycles. The standard InChI is InChI=1S/C48H67F4N5O17S/c1-3-8-57(73-4-2)48(59)37-30-36-6-5-35(31-39(36)55-40(53)32-37)38-33-54-56(34-38)9-11-64-13-15-66-17-19-68-21-23-70-25-27-72-29-28-71-26-24-69-22-20-67-18-16-65-14-12-63-10-7-41(58)74-46-42(49)44(51)47(75(60,61)62)45(52)43(46)50/h5-6,30-31,33-34H,3-4,7-29,32H2,1-2H3,(H2,53,55)(H,60,61,62). The van der Waals surface area contributed by atoms with E-state index in [1.807, 2.05) is 49.0 Å². The van der Waals surface area contributed by atoms with Crippen molar-refractivity contribution in [3.05, 3.63) is 65.0 Å². The summed E-state index contributed by atoms with van der Waals surface area (Å²) in [6, 6.07) is 5.84. The number of rotatable bonds is 41. The average molecular weight is 1090 g/mol. The van der Waals surface area contributed by atoms with Crippen molar-refractivity contribution >= 4 is 39.6 Å². The van der Waals surface area contributed by atoms with Gasteiger partial charge in [-0.1, -0.05) is 19.1 Å². The van der Waals surface area contributed by atoms with Gasteiger partial charge in [-0.3, -0.25) is 23.7 Å². The Morgan fingerprint density at radius 1 is 0.680 bits per heavy atom.